The van der Waals surface area contributed by atoms with Crippen molar-refractivity contribution in [3.8, 4) is 24.3 Å². The van der Waals surface area contributed by atoms with E-state index < -0.39 is 5.92 Å². The van der Waals surface area contributed by atoms with Gasteiger partial charge in [-0.15, -0.1) is 0 Å². The molecular weight excluding hydrogens is 200 g/mol. The van der Waals surface area contributed by atoms with Gasteiger partial charge in [0.15, 0.2) is 5.92 Å². The summed E-state index contributed by atoms with van der Waals surface area (Å²) in [6, 6.07) is 7.03. The third-order valence-electron chi connectivity index (χ3n) is 2.16. The van der Waals surface area contributed by atoms with E-state index in [9.17, 15) is 0 Å². The topological polar surface area (TPSA) is 95.2 Å². The van der Waals surface area contributed by atoms with Crippen LogP contribution in [-0.2, 0) is 0 Å². The van der Waals surface area contributed by atoms with Crippen LogP contribution in [0.15, 0.2) is 34.9 Å². The summed E-state index contributed by atoms with van der Waals surface area (Å²) in [6.45, 7) is 0. The fourth-order valence-electron chi connectivity index (χ4n) is 1.44. The minimum Gasteiger partial charge on any atom is -0.196 e. The van der Waals surface area contributed by atoms with Crippen molar-refractivity contribution < 1.29 is 0 Å². The van der Waals surface area contributed by atoms with Gasteiger partial charge in [-0.05, 0) is 12.0 Å². The molecule has 0 atom stereocenters. The smallest absolute Gasteiger partial charge is 0.160 e. The van der Waals surface area contributed by atoms with Gasteiger partial charge in [0.25, 0.3) is 0 Å². The summed E-state index contributed by atoms with van der Waals surface area (Å²) in [7, 11) is 0. The summed E-state index contributed by atoms with van der Waals surface area (Å²) in [6.07, 6.45) is 5.87. The van der Waals surface area contributed by atoms with E-state index >= 15 is 0 Å². The van der Waals surface area contributed by atoms with E-state index in [1.165, 1.54) is 0 Å². The first-order valence-corrected chi connectivity index (χ1v) is 4.48. The first-order valence-electron chi connectivity index (χ1n) is 4.48. The Morgan fingerprint density at radius 2 is 1.75 bits per heavy atom. The average Bonchev–Trinajstić information content (AvgIpc) is 2.83. The van der Waals surface area contributed by atoms with Crippen LogP contribution < -0.4 is 0 Å². The highest BCUT2D eigenvalue weighted by atomic mass is 14.4. The third kappa shape index (κ3) is 1.98. The zero-order valence-electron chi connectivity index (χ0n) is 8.31. The van der Waals surface area contributed by atoms with Gasteiger partial charge in [-0.1, -0.05) is 18.2 Å². The van der Waals surface area contributed by atoms with Crippen molar-refractivity contribution in [1.29, 1.82) is 21.0 Å². The van der Waals surface area contributed by atoms with E-state index in [1.54, 1.807) is 36.4 Å². The van der Waals surface area contributed by atoms with Crippen LogP contribution in [0.25, 0.3) is 0 Å². The molecule has 0 N–H and O–H groups in total. The highest BCUT2D eigenvalue weighted by molar-refractivity contribution is 5.55. The summed E-state index contributed by atoms with van der Waals surface area (Å²) < 4.78 is 0. The predicted octanol–water partition coefficient (Wildman–Crippen LogP) is 1.88. The fraction of sp³-hybridized carbons (Fsp3) is 0.167. The Morgan fingerprint density at radius 3 is 2.12 bits per heavy atom. The Hall–Kier alpha value is -2.82. The van der Waals surface area contributed by atoms with Crippen LogP contribution in [0.3, 0.4) is 0 Å². The average molecular weight is 206 g/mol. The lowest BCUT2D eigenvalue weighted by atomic mass is 9.90. The maximum absolute atomic E-state index is 8.82. The van der Waals surface area contributed by atoms with Crippen molar-refractivity contribution in [2.45, 2.75) is 6.42 Å². The predicted molar refractivity (Wildman–Crippen MR) is 54.8 cm³/mol. The number of rotatable bonds is 2. The largest absolute Gasteiger partial charge is 0.196 e. The number of nitriles is 4. The van der Waals surface area contributed by atoms with Crippen LogP contribution in [0, 0.1) is 51.2 Å². The van der Waals surface area contributed by atoms with E-state index in [0.717, 1.165) is 0 Å². The fourth-order valence-corrected chi connectivity index (χ4v) is 1.44. The molecule has 0 unspecified atom stereocenters. The summed E-state index contributed by atoms with van der Waals surface area (Å²) in [5.41, 5.74) is 0.759. The summed E-state index contributed by atoms with van der Waals surface area (Å²) in [5.74, 6) is -1.07. The van der Waals surface area contributed by atoms with Crippen molar-refractivity contribution in [2.75, 3.05) is 0 Å². The lowest BCUT2D eigenvalue weighted by Gasteiger charge is -2.08. The van der Waals surface area contributed by atoms with E-state index in [4.69, 9.17) is 21.0 Å². The van der Waals surface area contributed by atoms with Crippen LogP contribution in [0.4, 0.5) is 0 Å². The Bertz CT molecular complexity index is 520. The van der Waals surface area contributed by atoms with Gasteiger partial charge in [0.2, 0.25) is 0 Å². The summed E-state index contributed by atoms with van der Waals surface area (Å²) in [5, 5.41) is 35.2. The molecule has 0 saturated carbocycles. The van der Waals surface area contributed by atoms with Crippen molar-refractivity contribution in [3.05, 3.63) is 34.9 Å². The van der Waals surface area contributed by atoms with Crippen LogP contribution in [-0.4, -0.2) is 0 Å². The highest BCUT2D eigenvalue weighted by Crippen LogP contribution is 2.28. The van der Waals surface area contributed by atoms with Crippen molar-refractivity contribution >= 4 is 0 Å². The number of hydrogen-bond donors (Lipinski definition) is 0. The van der Waals surface area contributed by atoms with Gasteiger partial charge in [0.05, 0.1) is 12.1 Å². The maximum atomic E-state index is 8.82. The third-order valence-corrected chi connectivity index (χ3v) is 2.16. The molecule has 16 heavy (non-hydrogen) atoms. The molecular formula is C12H6N4. The monoisotopic (exact) mass is 206 g/mol. The van der Waals surface area contributed by atoms with E-state index in [-0.39, 0.29) is 11.1 Å². The number of nitrogens with zero attached hydrogens (tertiary/aromatic N) is 4. The van der Waals surface area contributed by atoms with E-state index in [2.05, 4.69) is 0 Å². The SMILES string of the molecule is N#CC(C#N)=C(C1=CC=CC1)C(C#N)C#N. The molecule has 0 aliphatic heterocycles. The molecule has 0 aromatic heterocycles. The highest BCUT2D eigenvalue weighted by Gasteiger charge is 2.22. The Kier molecular flexibility index (Phi) is 3.63. The summed E-state index contributed by atoms with van der Waals surface area (Å²) in [4.78, 5) is 0. The molecule has 0 amide bonds. The van der Waals surface area contributed by atoms with Crippen molar-refractivity contribution in [3.63, 3.8) is 0 Å². The van der Waals surface area contributed by atoms with Gasteiger partial charge < -0.3 is 0 Å². The molecule has 0 bridgehead atoms. The molecule has 0 aromatic rings. The molecule has 0 radical (unpaired) electrons. The standard InChI is InChI=1S/C12H6N4/c13-5-10(6-14)12(11(7-15)8-16)9-3-1-2-4-9/h1-3,10H,4H2. The minimum atomic E-state index is -1.07. The van der Waals surface area contributed by atoms with Gasteiger partial charge in [-0.2, -0.15) is 21.0 Å². The molecule has 4 nitrogen and oxygen atoms in total. The normalized spacial score (nSPS) is 11.9. The van der Waals surface area contributed by atoms with Crippen molar-refractivity contribution in [2.24, 2.45) is 5.92 Å². The van der Waals surface area contributed by atoms with Gasteiger partial charge in [-0.3, -0.25) is 0 Å². The Labute approximate surface area is 93.2 Å². The molecule has 0 aromatic carbocycles. The van der Waals surface area contributed by atoms with Crippen LogP contribution in [0.1, 0.15) is 6.42 Å². The molecule has 1 rings (SSSR count). The zero-order valence-corrected chi connectivity index (χ0v) is 8.31. The molecule has 0 saturated heterocycles. The van der Waals surface area contributed by atoms with Gasteiger partial charge in [0.1, 0.15) is 17.7 Å². The zero-order chi connectivity index (χ0) is 12.0. The molecule has 1 aliphatic rings. The summed E-state index contributed by atoms with van der Waals surface area (Å²) >= 11 is 0. The second kappa shape index (κ2) is 5.16. The minimum absolute atomic E-state index is 0.164. The molecule has 0 spiro atoms. The number of allylic oxidation sites excluding steroid dienone is 6. The second-order valence-corrected chi connectivity index (χ2v) is 3.03. The maximum Gasteiger partial charge on any atom is 0.160 e. The lowest BCUT2D eigenvalue weighted by molar-refractivity contribution is 0.979. The Balaban J connectivity index is 3.34. The van der Waals surface area contributed by atoms with Crippen LogP contribution >= 0.6 is 0 Å². The van der Waals surface area contributed by atoms with Gasteiger partial charge in [0, 0.05) is 5.57 Å². The second-order valence-electron chi connectivity index (χ2n) is 3.03. The Morgan fingerprint density at radius 1 is 1.12 bits per heavy atom. The molecule has 0 fully saturated rings. The molecule has 0 heterocycles. The quantitative estimate of drug-likeness (QED) is 0.644. The van der Waals surface area contributed by atoms with E-state index in [0.29, 0.717) is 12.0 Å². The van der Waals surface area contributed by atoms with Crippen molar-refractivity contribution in [1.82, 2.24) is 0 Å². The first kappa shape index (κ1) is 11.3. The molecule has 4 heteroatoms. The van der Waals surface area contributed by atoms with Crippen LogP contribution in [0.5, 0.6) is 0 Å². The van der Waals surface area contributed by atoms with Gasteiger partial charge in [-0.25, -0.2) is 0 Å². The first-order chi connectivity index (χ1) is 7.78. The van der Waals surface area contributed by atoms with E-state index in [1.807, 2.05) is 6.08 Å². The van der Waals surface area contributed by atoms with Gasteiger partial charge >= 0.3 is 0 Å². The number of hydrogen-bond acceptors (Lipinski definition) is 4. The molecule has 74 valence electrons. The van der Waals surface area contributed by atoms with Crippen LogP contribution in [0.2, 0.25) is 0 Å². The lowest BCUT2D eigenvalue weighted by Crippen LogP contribution is -2.04. The molecule has 1 aliphatic carbocycles.